The maximum atomic E-state index is 13.4. The van der Waals surface area contributed by atoms with E-state index >= 15 is 0 Å². The van der Waals surface area contributed by atoms with Gasteiger partial charge in [-0.3, -0.25) is 9.69 Å². The SMILES string of the molecule is CCOc1ccc2nc(N(CCN(C)C)C(=O)c3ccc(OC)c(OC)c3)sc2c1.Cl. The molecule has 0 aliphatic rings. The van der Waals surface area contributed by atoms with Gasteiger partial charge in [-0.05, 0) is 57.4 Å². The Morgan fingerprint density at radius 1 is 1.03 bits per heavy atom. The Hall–Kier alpha value is -2.55. The molecule has 0 aliphatic heterocycles. The normalized spacial score (nSPS) is 10.6. The number of carbonyl (C=O) groups is 1. The van der Waals surface area contributed by atoms with E-state index in [0.717, 1.165) is 16.0 Å². The number of anilines is 1. The Bertz CT molecular complexity index is 1030. The van der Waals surface area contributed by atoms with Crippen molar-refractivity contribution in [1.29, 1.82) is 0 Å². The maximum Gasteiger partial charge on any atom is 0.260 e. The van der Waals surface area contributed by atoms with Crippen LogP contribution in [0, 0.1) is 0 Å². The number of hydrogen-bond donors (Lipinski definition) is 0. The van der Waals surface area contributed by atoms with E-state index in [1.54, 1.807) is 37.3 Å². The minimum absolute atomic E-state index is 0. The smallest absolute Gasteiger partial charge is 0.260 e. The summed E-state index contributed by atoms with van der Waals surface area (Å²) in [6.45, 7) is 3.77. The van der Waals surface area contributed by atoms with Gasteiger partial charge < -0.3 is 19.1 Å². The van der Waals surface area contributed by atoms with Gasteiger partial charge in [-0.2, -0.15) is 0 Å². The Morgan fingerprint density at radius 2 is 1.77 bits per heavy atom. The van der Waals surface area contributed by atoms with Gasteiger partial charge in [0, 0.05) is 18.7 Å². The number of benzene rings is 2. The second-order valence-electron chi connectivity index (χ2n) is 6.89. The molecular formula is C22H28ClN3O4S. The summed E-state index contributed by atoms with van der Waals surface area (Å²) in [5, 5.41) is 0.653. The van der Waals surface area contributed by atoms with Gasteiger partial charge in [-0.25, -0.2) is 4.98 Å². The first kappa shape index (κ1) is 24.7. The molecule has 1 aromatic heterocycles. The van der Waals surface area contributed by atoms with Crippen LogP contribution in [0.25, 0.3) is 10.2 Å². The zero-order chi connectivity index (χ0) is 21.7. The maximum absolute atomic E-state index is 13.4. The van der Waals surface area contributed by atoms with Gasteiger partial charge in [0.15, 0.2) is 16.6 Å². The van der Waals surface area contributed by atoms with Crippen LogP contribution >= 0.6 is 23.7 Å². The van der Waals surface area contributed by atoms with Crippen LogP contribution in [-0.2, 0) is 0 Å². The lowest BCUT2D eigenvalue weighted by molar-refractivity contribution is 0.0985. The van der Waals surface area contributed by atoms with E-state index in [9.17, 15) is 4.79 Å². The molecule has 1 amide bonds. The number of halogens is 1. The fourth-order valence-corrected chi connectivity index (χ4v) is 3.99. The lowest BCUT2D eigenvalue weighted by atomic mass is 10.1. The van der Waals surface area contributed by atoms with Gasteiger partial charge in [-0.15, -0.1) is 12.4 Å². The van der Waals surface area contributed by atoms with Gasteiger partial charge in [0.1, 0.15) is 5.75 Å². The monoisotopic (exact) mass is 465 g/mol. The molecule has 31 heavy (non-hydrogen) atoms. The zero-order valence-corrected chi connectivity index (χ0v) is 20.0. The number of nitrogens with zero attached hydrogens (tertiary/aromatic N) is 3. The number of thiazole rings is 1. The van der Waals surface area contributed by atoms with E-state index in [0.29, 0.717) is 41.9 Å². The molecule has 0 spiro atoms. The van der Waals surface area contributed by atoms with Gasteiger partial charge in [0.2, 0.25) is 0 Å². The Morgan fingerprint density at radius 3 is 2.42 bits per heavy atom. The van der Waals surface area contributed by atoms with Crippen molar-refractivity contribution >= 4 is 45.0 Å². The number of carbonyl (C=O) groups excluding carboxylic acids is 1. The minimum Gasteiger partial charge on any atom is -0.494 e. The molecule has 0 N–H and O–H groups in total. The molecule has 7 nitrogen and oxygen atoms in total. The predicted molar refractivity (Wildman–Crippen MR) is 128 cm³/mol. The van der Waals surface area contributed by atoms with Crippen molar-refractivity contribution in [2.24, 2.45) is 0 Å². The first-order chi connectivity index (χ1) is 14.5. The van der Waals surface area contributed by atoms with Crippen molar-refractivity contribution in [2.75, 3.05) is 52.9 Å². The summed E-state index contributed by atoms with van der Waals surface area (Å²) < 4.78 is 17.2. The Balaban J connectivity index is 0.00000341. The summed E-state index contributed by atoms with van der Waals surface area (Å²) >= 11 is 1.48. The van der Waals surface area contributed by atoms with Crippen molar-refractivity contribution in [2.45, 2.75) is 6.92 Å². The molecule has 0 saturated heterocycles. The van der Waals surface area contributed by atoms with Gasteiger partial charge >= 0.3 is 0 Å². The molecule has 1 heterocycles. The van der Waals surface area contributed by atoms with Crippen molar-refractivity contribution in [3.8, 4) is 17.2 Å². The molecule has 2 aromatic carbocycles. The molecule has 168 valence electrons. The van der Waals surface area contributed by atoms with Crippen molar-refractivity contribution in [1.82, 2.24) is 9.88 Å². The lowest BCUT2D eigenvalue weighted by Crippen LogP contribution is -2.36. The number of rotatable bonds is 9. The number of fused-ring (bicyclic) bond motifs is 1. The summed E-state index contributed by atoms with van der Waals surface area (Å²) in [5.41, 5.74) is 1.36. The highest BCUT2D eigenvalue weighted by molar-refractivity contribution is 7.22. The molecular weight excluding hydrogens is 438 g/mol. The average molecular weight is 466 g/mol. The Kier molecular flexibility index (Phi) is 8.91. The second kappa shape index (κ2) is 11.2. The van der Waals surface area contributed by atoms with Crippen LogP contribution in [0.4, 0.5) is 5.13 Å². The molecule has 0 bridgehead atoms. The molecule has 9 heteroatoms. The second-order valence-corrected chi connectivity index (χ2v) is 7.90. The summed E-state index contributed by atoms with van der Waals surface area (Å²) in [6.07, 6.45) is 0. The third-order valence-corrected chi connectivity index (χ3v) is 5.58. The van der Waals surface area contributed by atoms with Crippen LogP contribution in [0.5, 0.6) is 17.2 Å². The van der Waals surface area contributed by atoms with Crippen LogP contribution < -0.4 is 19.1 Å². The number of amides is 1. The van der Waals surface area contributed by atoms with E-state index in [4.69, 9.17) is 19.2 Å². The summed E-state index contributed by atoms with van der Waals surface area (Å²) in [5.74, 6) is 1.76. The largest absolute Gasteiger partial charge is 0.494 e. The topological polar surface area (TPSA) is 64.1 Å². The van der Waals surface area contributed by atoms with Crippen LogP contribution in [0.2, 0.25) is 0 Å². The predicted octanol–water partition coefficient (Wildman–Crippen LogP) is 4.34. The highest BCUT2D eigenvalue weighted by atomic mass is 35.5. The van der Waals surface area contributed by atoms with E-state index < -0.39 is 0 Å². The molecule has 3 rings (SSSR count). The molecule has 0 radical (unpaired) electrons. The van der Waals surface area contributed by atoms with Crippen LogP contribution in [0.15, 0.2) is 36.4 Å². The van der Waals surface area contributed by atoms with Crippen LogP contribution in [0.1, 0.15) is 17.3 Å². The average Bonchev–Trinajstić information content (AvgIpc) is 3.16. The number of aromatic nitrogens is 1. The summed E-state index contributed by atoms with van der Waals surface area (Å²) in [4.78, 5) is 21.9. The zero-order valence-electron chi connectivity index (χ0n) is 18.4. The van der Waals surface area contributed by atoms with Gasteiger partial charge in [-0.1, -0.05) is 11.3 Å². The lowest BCUT2D eigenvalue weighted by Gasteiger charge is -2.22. The Labute approximate surface area is 192 Å². The molecule has 0 aliphatic carbocycles. The number of ether oxygens (including phenoxy) is 3. The van der Waals surface area contributed by atoms with Gasteiger partial charge in [0.05, 0.1) is 31.0 Å². The van der Waals surface area contributed by atoms with E-state index in [1.165, 1.54) is 11.3 Å². The third kappa shape index (κ3) is 5.78. The third-order valence-electron chi connectivity index (χ3n) is 4.54. The van der Waals surface area contributed by atoms with E-state index in [2.05, 4.69) is 0 Å². The molecule has 3 aromatic rings. The molecule has 0 atom stereocenters. The fraction of sp³-hybridized carbons (Fsp3) is 0.364. The number of likely N-dealkylation sites (N-methyl/N-ethyl adjacent to an activating group) is 1. The number of methoxy groups -OCH3 is 2. The summed E-state index contributed by atoms with van der Waals surface area (Å²) in [7, 11) is 7.08. The molecule has 0 unspecified atom stereocenters. The highest BCUT2D eigenvalue weighted by Crippen LogP contribution is 2.33. The molecule has 0 fully saturated rings. The fourth-order valence-electron chi connectivity index (χ4n) is 2.97. The summed E-state index contributed by atoms with van der Waals surface area (Å²) in [6, 6.07) is 11.0. The van der Waals surface area contributed by atoms with Crippen LogP contribution in [-0.4, -0.2) is 63.8 Å². The first-order valence-electron chi connectivity index (χ1n) is 9.68. The first-order valence-corrected chi connectivity index (χ1v) is 10.5. The standard InChI is InChI=1S/C22H27N3O4S.ClH/c1-6-29-16-8-9-17-20(14-16)30-22(23-17)25(12-11-24(2)3)21(26)15-7-10-18(27-4)19(13-15)28-5;/h7-10,13-14H,6,11-12H2,1-5H3;1H. The quantitative estimate of drug-likeness (QED) is 0.468. The van der Waals surface area contributed by atoms with Gasteiger partial charge in [0.25, 0.3) is 5.91 Å². The van der Waals surface area contributed by atoms with Crippen LogP contribution in [0.3, 0.4) is 0 Å². The van der Waals surface area contributed by atoms with E-state index in [1.807, 2.05) is 44.1 Å². The number of hydrogen-bond acceptors (Lipinski definition) is 7. The molecule has 0 saturated carbocycles. The van der Waals surface area contributed by atoms with Crippen molar-refractivity contribution in [3.63, 3.8) is 0 Å². The minimum atomic E-state index is -0.137. The highest BCUT2D eigenvalue weighted by Gasteiger charge is 2.23. The van der Waals surface area contributed by atoms with E-state index in [-0.39, 0.29) is 18.3 Å². The van der Waals surface area contributed by atoms with Crippen molar-refractivity contribution in [3.05, 3.63) is 42.0 Å². The van der Waals surface area contributed by atoms with Crippen molar-refractivity contribution < 1.29 is 19.0 Å².